The van der Waals surface area contributed by atoms with Crippen molar-refractivity contribution in [3.63, 3.8) is 0 Å². The van der Waals surface area contributed by atoms with Gasteiger partial charge in [-0.1, -0.05) is 54.4 Å². The van der Waals surface area contributed by atoms with Crippen molar-refractivity contribution in [2.45, 2.75) is 32.9 Å². The largest absolute Gasteiger partial charge is 0.357 e. The first-order valence-electron chi connectivity index (χ1n) is 9.87. The Labute approximate surface area is 189 Å². The molecule has 0 aliphatic carbocycles. The van der Waals surface area contributed by atoms with Crippen molar-refractivity contribution in [2.24, 2.45) is 0 Å². The standard InChI is InChI=1S/C22H28ClN3O4S/c1-5-20(22(28)24-3)25(14-17-8-6-7-9-19(17)23)21(27)15-26(31(4,29)30)18-12-10-16(2)11-13-18/h6-13,20H,5,14-15H2,1-4H3,(H,24,28)/t20-/m0/s1. The van der Waals surface area contributed by atoms with E-state index in [2.05, 4.69) is 5.32 Å². The number of rotatable bonds is 9. The number of likely N-dealkylation sites (N-methyl/N-ethyl adjacent to an activating group) is 1. The van der Waals surface area contributed by atoms with E-state index in [0.29, 0.717) is 22.7 Å². The number of sulfonamides is 1. The summed E-state index contributed by atoms with van der Waals surface area (Å²) in [5, 5.41) is 3.04. The second-order valence-corrected chi connectivity index (χ2v) is 9.57. The van der Waals surface area contributed by atoms with Crippen LogP contribution in [0.3, 0.4) is 0 Å². The van der Waals surface area contributed by atoms with Gasteiger partial charge in [0.2, 0.25) is 21.8 Å². The Kier molecular flexibility index (Phi) is 8.47. The first-order valence-corrected chi connectivity index (χ1v) is 12.1. The minimum atomic E-state index is -3.74. The highest BCUT2D eigenvalue weighted by Gasteiger charge is 2.31. The summed E-state index contributed by atoms with van der Waals surface area (Å²) < 4.78 is 26.0. The lowest BCUT2D eigenvalue weighted by Gasteiger charge is -2.32. The summed E-state index contributed by atoms with van der Waals surface area (Å²) in [7, 11) is -2.24. The highest BCUT2D eigenvalue weighted by molar-refractivity contribution is 7.92. The lowest BCUT2D eigenvalue weighted by Crippen LogP contribution is -2.51. The van der Waals surface area contributed by atoms with Crippen molar-refractivity contribution >= 4 is 39.1 Å². The Bertz CT molecular complexity index is 1030. The summed E-state index contributed by atoms with van der Waals surface area (Å²) in [6.07, 6.45) is 1.41. The number of nitrogens with zero attached hydrogens (tertiary/aromatic N) is 2. The zero-order chi connectivity index (χ0) is 23.2. The number of carbonyl (C=O) groups is 2. The summed E-state index contributed by atoms with van der Waals surface area (Å²) in [6.45, 7) is 3.33. The van der Waals surface area contributed by atoms with Gasteiger partial charge in [0.1, 0.15) is 12.6 Å². The molecule has 0 radical (unpaired) electrons. The Hall–Kier alpha value is -2.58. The molecule has 9 heteroatoms. The molecule has 0 unspecified atom stereocenters. The monoisotopic (exact) mass is 465 g/mol. The van der Waals surface area contributed by atoms with Gasteiger partial charge < -0.3 is 10.2 Å². The lowest BCUT2D eigenvalue weighted by atomic mass is 10.1. The van der Waals surface area contributed by atoms with E-state index in [0.717, 1.165) is 16.1 Å². The smallest absolute Gasteiger partial charge is 0.244 e. The van der Waals surface area contributed by atoms with E-state index >= 15 is 0 Å². The summed E-state index contributed by atoms with van der Waals surface area (Å²) in [4.78, 5) is 27.2. The Morgan fingerprint density at radius 3 is 2.23 bits per heavy atom. The molecule has 31 heavy (non-hydrogen) atoms. The molecule has 0 saturated carbocycles. The van der Waals surface area contributed by atoms with Gasteiger partial charge in [0.15, 0.2) is 0 Å². The molecule has 0 spiro atoms. The number of carbonyl (C=O) groups excluding carboxylic acids is 2. The van der Waals surface area contributed by atoms with E-state index in [1.54, 1.807) is 55.5 Å². The van der Waals surface area contributed by atoms with Crippen LogP contribution in [-0.2, 0) is 26.2 Å². The van der Waals surface area contributed by atoms with Gasteiger partial charge in [-0.3, -0.25) is 13.9 Å². The topological polar surface area (TPSA) is 86.8 Å². The van der Waals surface area contributed by atoms with Crippen LogP contribution in [-0.4, -0.2) is 51.0 Å². The van der Waals surface area contributed by atoms with Gasteiger partial charge >= 0.3 is 0 Å². The van der Waals surface area contributed by atoms with Crippen molar-refractivity contribution < 1.29 is 18.0 Å². The average molecular weight is 466 g/mol. The molecule has 2 aromatic rings. The molecule has 0 heterocycles. The zero-order valence-corrected chi connectivity index (χ0v) is 19.7. The third kappa shape index (κ3) is 6.45. The number of benzene rings is 2. The van der Waals surface area contributed by atoms with Crippen LogP contribution in [0.2, 0.25) is 5.02 Å². The van der Waals surface area contributed by atoms with E-state index in [1.165, 1.54) is 11.9 Å². The minimum Gasteiger partial charge on any atom is -0.357 e. The van der Waals surface area contributed by atoms with E-state index in [-0.39, 0.29) is 12.5 Å². The molecule has 0 aliphatic heterocycles. The maximum atomic E-state index is 13.4. The van der Waals surface area contributed by atoms with Gasteiger partial charge in [0.05, 0.1) is 11.9 Å². The molecule has 2 aromatic carbocycles. The van der Waals surface area contributed by atoms with E-state index < -0.39 is 28.5 Å². The van der Waals surface area contributed by atoms with Crippen LogP contribution in [0.15, 0.2) is 48.5 Å². The fraction of sp³-hybridized carbons (Fsp3) is 0.364. The minimum absolute atomic E-state index is 0.0793. The first kappa shape index (κ1) is 24.7. The second-order valence-electron chi connectivity index (χ2n) is 7.26. The fourth-order valence-corrected chi connectivity index (χ4v) is 4.27. The van der Waals surface area contributed by atoms with Crippen molar-refractivity contribution in [2.75, 3.05) is 24.2 Å². The Balaban J connectivity index is 2.43. The van der Waals surface area contributed by atoms with Gasteiger partial charge in [-0.2, -0.15) is 0 Å². The van der Waals surface area contributed by atoms with E-state index in [4.69, 9.17) is 11.6 Å². The molecule has 7 nitrogen and oxygen atoms in total. The van der Waals surface area contributed by atoms with Crippen molar-refractivity contribution in [1.82, 2.24) is 10.2 Å². The molecule has 0 fully saturated rings. The summed E-state index contributed by atoms with van der Waals surface area (Å²) >= 11 is 6.28. The van der Waals surface area contributed by atoms with Gasteiger partial charge in [-0.05, 0) is 37.1 Å². The van der Waals surface area contributed by atoms with Crippen LogP contribution in [0.4, 0.5) is 5.69 Å². The van der Waals surface area contributed by atoms with Gasteiger partial charge in [0, 0.05) is 18.6 Å². The molecule has 0 aromatic heterocycles. The van der Waals surface area contributed by atoms with Crippen LogP contribution in [0.1, 0.15) is 24.5 Å². The quantitative estimate of drug-likeness (QED) is 0.616. The molecular weight excluding hydrogens is 438 g/mol. The molecule has 2 amide bonds. The van der Waals surface area contributed by atoms with E-state index in [1.807, 2.05) is 6.92 Å². The predicted octanol–water partition coefficient (Wildman–Crippen LogP) is 2.97. The zero-order valence-electron chi connectivity index (χ0n) is 18.1. The lowest BCUT2D eigenvalue weighted by molar-refractivity contribution is -0.140. The van der Waals surface area contributed by atoms with Crippen molar-refractivity contribution in [1.29, 1.82) is 0 Å². The second kappa shape index (κ2) is 10.6. The third-order valence-electron chi connectivity index (χ3n) is 4.93. The maximum absolute atomic E-state index is 13.4. The highest BCUT2D eigenvalue weighted by atomic mass is 35.5. The summed E-state index contributed by atoms with van der Waals surface area (Å²) in [6, 6.07) is 13.1. The SMILES string of the molecule is CC[C@@H](C(=O)NC)N(Cc1ccccc1Cl)C(=O)CN(c1ccc(C)cc1)S(C)(=O)=O. The number of amides is 2. The molecule has 168 valence electrons. The first-order chi connectivity index (χ1) is 14.6. The summed E-state index contributed by atoms with van der Waals surface area (Å²) in [5.41, 5.74) is 2.02. The summed E-state index contributed by atoms with van der Waals surface area (Å²) in [5.74, 6) is -0.828. The van der Waals surface area contributed by atoms with Crippen LogP contribution < -0.4 is 9.62 Å². The van der Waals surface area contributed by atoms with Crippen LogP contribution >= 0.6 is 11.6 Å². The van der Waals surface area contributed by atoms with Gasteiger partial charge in [-0.25, -0.2) is 8.42 Å². The number of hydrogen-bond acceptors (Lipinski definition) is 4. The number of anilines is 1. The number of hydrogen-bond donors (Lipinski definition) is 1. The molecule has 0 saturated heterocycles. The molecule has 0 aliphatic rings. The number of aryl methyl sites for hydroxylation is 1. The van der Waals surface area contributed by atoms with Gasteiger partial charge in [0.25, 0.3) is 0 Å². The third-order valence-corrected chi connectivity index (χ3v) is 6.44. The Morgan fingerprint density at radius 1 is 1.10 bits per heavy atom. The van der Waals surface area contributed by atoms with Gasteiger partial charge in [-0.15, -0.1) is 0 Å². The van der Waals surface area contributed by atoms with Crippen LogP contribution in [0.5, 0.6) is 0 Å². The predicted molar refractivity (Wildman–Crippen MR) is 124 cm³/mol. The number of halogens is 1. The number of nitrogens with one attached hydrogen (secondary N) is 1. The fourth-order valence-electron chi connectivity index (χ4n) is 3.22. The van der Waals surface area contributed by atoms with Crippen LogP contribution in [0, 0.1) is 6.92 Å². The normalized spacial score (nSPS) is 12.2. The molecular formula is C22H28ClN3O4S. The molecule has 2 rings (SSSR count). The maximum Gasteiger partial charge on any atom is 0.244 e. The molecule has 1 N–H and O–H groups in total. The van der Waals surface area contributed by atoms with E-state index in [9.17, 15) is 18.0 Å². The van der Waals surface area contributed by atoms with Crippen LogP contribution in [0.25, 0.3) is 0 Å². The molecule has 0 bridgehead atoms. The van der Waals surface area contributed by atoms with Crippen molar-refractivity contribution in [3.8, 4) is 0 Å². The Morgan fingerprint density at radius 2 is 1.71 bits per heavy atom. The molecule has 1 atom stereocenters. The van der Waals surface area contributed by atoms with Crippen molar-refractivity contribution in [3.05, 3.63) is 64.7 Å². The highest BCUT2D eigenvalue weighted by Crippen LogP contribution is 2.22. The average Bonchev–Trinajstić information content (AvgIpc) is 2.72.